The zero-order valence-electron chi connectivity index (χ0n) is 11.9. The highest BCUT2D eigenvalue weighted by Gasteiger charge is 2.14. The van der Waals surface area contributed by atoms with E-state index in [2.05, 4.69) is 4.74 Å². The molecule has 0 aromatic heterocycles. The second kappa shape index (κ2) is 6.99. The van der Waals surface area contributed by atoms with Crippen molar-refractivity contribution in [2.24, 2.45) is 0 Å². The first-order valence-electron chi connectivity index (χ1n) is 6.18. The largest absolute Gasteiger partial charge is 0.491 e. The molecule has 1 aromatic rings. The Labute approximate surface area is 113 Å². The maximum atomic E-state index is 11.6. The Kier molecular flexibility index (Phi) is 5.63. The number of anilines is 1. The fourth-order valence-corrected chi connectivity index (χ4v) is 1.57. The van der Waals surface area contributed by atoms with Crippen LogP contribution in [0, 0.1) is 6.92 Å². The fraction of sp³-hybridized carbons (Fsp3) is 0.500. The summed E-state index contributed by atoms with van der Waals surface area (Å²) in [4.78, 5) is 11.6. The Hall–Kier alpha value is -1.75. The van der Waals surface area contributed by atoms with Crippen LogP contribution in [-0.4, -0.2) is 32.4 Å². The van der Waals surface area contributed by atoms with E-state index in [1.807, 2.05) is 20.8 Å². The molecule has 0 saturated heterocycles. The number of carbonyl (C=O) groups is 1. The summed E-state index contributed by atoms with van der Waals surface area (Å²) in [6.45, 7) is 6.65. The Morgan fingerprint density at radius 1 is 1.32 bits per heavy atom. The number of benzene rings is 1. The molecule has 0 amide bonds. The Morgan fingerprint density at radius 3 is 2.58 bits per heavy atom. The molecule has 0 aliphatic heterocycles. The van der Waals surface area contributed by atoms with E-state index in [4.69, 9.17) is 15.2 Å². The molecule has 0 aliphatic carbocycles. The average Bonchev–Trinajstić information content (AvgIpc) is 2.37. The Morgan fingerprint density at radius 2 is 2.00 bits per heavy atom. The lowest BCUT2D eigenvalue weighted by Crippen LogP contribution is -2.12. The molecule has 5 heteroatoms. The van der Waals surface area contributed by atoms with Gasteiger partial charge in [0.1, 0.15) is 12.4 Å². The molecule has 0 aliphatic rings. The molecule has 1 rings (SSSR count). The van der Waals surface area contributed by atoms with E-state index in [-0.39, 0.29) is 6.10 Å². The molecule has 0 unspecified atom stereocenters. The lowest BCUT2D eigenvalue weighted by Gasteiger charge is -2.12. The van der Waals surface area contributed by atoms with Crippen LogP contribution in [-0.2, 0) is 9.47 Å². The Bertz CT molecular complexity index is 443. The second-order valence-electron chi connectivity index (χ2n) is 4.46. The molecule has 5 nitrogen and oxygen atoms in total. The van der Waals surface area contributed by atoms with E-state index in [1.165, 1.54) is 7.11 Å². The molecule has 0 heterocycles. The van der Waals surface area contributed by atoms with Gasteiger partial charge in [-0.15, -0.1) is 0 Å². The van der Waals surface area contributed by atoms with Crippen molar-refractivity contribution in [2.45, 2.75) is 26.9 Å². The zero-order valence-corrected chi connectivity index (χ0v) is 11.9. The van der Waals surface area contributed by atoms with Gasteiger partial charge in [-0.2, -0.15) is 0 Å². The third-order valence-corrected chi connectivity index (χ3v) is 2.57. The van der Waals surface area contributed by atoms with Crippen molar-refractivity contribution in [1.82, 2.24) is 0 Å². The first-order valence-corrected chi connectivity index (χ1v) is 6.18. The summed E-state index contributed by atoms with van der Waals surface area (Å²) >= 11 is 0. The number of rotatable bonds is 6. The van der Waals surface area contributed by atoms with Gasteiger partial charge in [0.15, 0.2) is 0 Å². The van der Waals surface area contributed by atoms with Crippen LogP contribution in [0.15, 0.2) is 12.1 Å². The van der Waals surface area contributed by atoms with Crippen LogP contribution in [0.3, 0.4) is 0 Å². The summed E-state index contributed by atoms with van der Waals surface area (Å²) in [5, 5.41) is 0. The number of methoxy groups -OCH3 is 1. The number of ether oxygens (including phenoxy) is 3. The summed E-state index contributed by atoms with van der Waals surface area (Å²) in [6.07, 6.45) is 0.169. The number of nitrogens with two attached hydrogens (primary N) is 1. The minimum atomic E-state index is -0.468. The molecule has 0 atom stereocenters. The van der Waals surface area contributed by atoms with Crippen LogP contribution in [0.2, 0.25) is 0 Å². The van der Waals surface area contributed by atoms with E-state index >= 15 is 0 Å². The standard InChI is InChI=1S/C14H21NO4/c1-9(2)18-5-6-19-11-7-10(3)13(15)12(8-11)14(16)17-4/h7-9H,5-6,15H2,1-4H3. The highest BCUT2D eigenvalue weighted by atomic mass is 16.5. The summed E-state index contributed by atoms with van der Waals surface area (Å²) in [7, 11) is 1.32. The summed E-state index contributed by atoms with van der Waals surface area (Å²) < 4.78 is 15.6. The van der Waals surface area contributed by atoms with Crippen molar-refractivity contribution in [2.75, 3.05) is 26.1 Å². The van der Waals surface area contributed by atoms with E-state index in [0.717, 1.165) is 5.56 Å². The molecular formula is C14H21NO4. The van der Waals surface area contributed by atoms with E-state index in [0.29, 0.717) is 30.2 Å². The van der Waals surface area contributed by atoms with Crippen LogP contribution in [0.5, 0.6) is 5.75 Å². The van der Waals surface area contributed by atoms with Gasteiger partial charge in [0.25, 0.3) is 0 Å². The Balaban J connectivity index is 2.74. The fourth-order valence-electron chi connectivity index (χ4n) is 1.57. The van der Waals surface area contributed by atoms with Gasteiger partial charge in [-0.05, 0) is 38.5 Å². The SMILES string of the molecule is COC(=O)c1cc(OCCOC(C)C)cc(C)c1N. The summed E-state index contributed by atoms with van der Waals surface area (Å²) in [5.74, 6) is 0.115. The number of aryl methyl sites for hydroxylation is 1. The third kappa shape index (κ3) is 4.44. The molecule has 0 spiro atoms. The molecule has 1 aromatic carbocycles. The molecule has 0 radical (unpaired) electrons. The quantitative estimate of drug-likeness (QED) is 0.486. The number of hydrogen-bond acceptors (Lipinski definition) is 5. The van der Waals surface area contributed by atoms with Crippen molar-refractivity contribution in [3.05, 3.63) is 23.3 Å². The van der Waals surface area contributed by atoms with Gasteiger partial charge in [-0.25, -0.2) is 4.79 Å². The van der Waals surface area contributed by atoms with Gasteiger partial charge in [0, 0.05) is 5.69 Å². The smallest absolute Gasteiger partial charge is 0.340 e. The molecule has 0 bridgehead atoms. The lowest BCUT2D eigenvalue weighted by atomic mass is 10.1. The molecule has 0 saturated carbocycles. The van der Waals surface area contributed by atoms with Crippen molar-refractivity contribution < 1.29 is 19.0 Å². The monoisotopic (exact) mass is 267 g/mol. The molecule has 19 heavy (non-hydrogen) atoms. The van der Waals surface area contributed by atoms with Gasteiger partial charge in [-0.1, -0.05) is 0 Å². The summed E-state index contributed by atoms with van der Waals surface area (Å²) in [6, 6.07) is 3.38. The molecule has 106 valence electrons. The van der Waals surface area contributed by atoms with Crippen LogP contribution in [0.4, 0.5) is 5.69 Å². The van der Waals surface area contributed by atoms with Crippen LogP contribution in [0.1, 0.15) is 29.8 Å². The number of nitrogen functional groups attached to an aromatic ring is 1. The van der Waals surface area contributed by atoms with Crippen LogP contribution < -0.4 is 10.5 Å². The highest BCUT2D eigenvalue weighted by Crippen LogP contribution is 2.25. The van der Waals surface area contributed by atoms with Gasteiger partial charge < -0.3 is 19.9 Å². The molecular weight excluding hydrogens is 246 g/mol. The predicted molar refractivity (Wildman–Crippen MR) is 73.5 cm³/mol. The van der Waals surface area contributed by atoms with Crippen molar-refractivity contribution in [3.8, 4) is 5.75 Å². The lowest BCUT2D eigenvalue weighted by molar-refractivity contribution is 0.0551. The topological polar surface area (TPSA) is 70.8 Å². The van der Waals surface area contributed by atoms with Gasteiger partial charge in [0.2, 0.25) is 0 Å². The third-order valence-electron chi connectivity index (χ3n) is 2.57. The molecule has 0 fully saturated rings. The minimum absolute atomic E-state index is 0.169. The zero-order chi connectivity index (χ0) is 14.4. The normalized spacial score (nSPS) is 10.6. The van der Waals surface area contributed by atoms with Gasteiger partial charge in [-0.3, -0.25) is 0 Å². The van der Waals surface area contributed by atoms with Crippen LogP contribution in [0.25, 0.3) is 0 Å². The highest BCUT2D eigenvalue weighted by molar-refractivity contribution is 5.96. The first-order chi connectivity index (χ1) is 8.95. The van der Waals surface area contributed by atoms with Gasteiger partial charge in [0.05, 0.1) is 25.4 Å². The van der Waals surface area contributed by atoms with E-state index < -0.39 is 5.97 Å². The maximum absolute atomic E-state index is 11.6. The van der Waals surface area contributed by atoms with Crippen molar-refractivity contribution in [3.63, 3.8) is 0 Å². The number of esters is 1. The minimum Gasteiger partial charge on any atom is -0.491 e. The number of carbonyl (C=O) groups excluding carboxylic acids is 1. The van der Waals surface area contributed by atoms with Crippen molar-refractivity contribution in [1.29, 1.82) is 0 Å². The second-order valence-corrected chi connectivity index (χ2v) is 4.46. The van der Waals surface area contributed by atoms with Crippen LogP contribution >= 0.6 is 0 Å². The van der Waals surface area contributed by atoms with E-state index in [9.17, 15) is 4.79 Å². The van der Waals surface area contributed by atoms with E-state index in [1.54, 1.807) is 12.1 Å². The van der Waals surface area contributed by atoms with Gasteiger partial charge >= 0.3 is 5.97 Å². The predicted octanol–water partition coefficient (Wildman–Crippen LogP) is 2.17. The summed E-state index contributed by atoms with van der Waals surface area (Å²) in [5.41, 5.74) is 7.36. The first kappa shape index (κ1) is 15.3. The average molecular weight is 267 g/mol. The molecule has 2 N–H and O–H groups in total. The maximum Gasteiger partial charge on any atom is 0.340 e. The number of hydrogen-bond donors (Lipinski definition) is 1. The van der Waals surface area contributed by atoms with Crippen molar-refractivity contribution >= 4 is 11.7 Å².